The van der Waals surface area contributed by atoms with E-state index in [1.165, 1.54) is 5.69 Å². The summed E-state index contributed by atoms with van der Waals surface area (Å²) >= 11 is 5.96. The van der Waals surface area contributed by atoms with E-state index in [-0.39, 0.29) is 11.8 Å². The quantitative estimate of drug-likeness (QED) is 0.614. The molecule has 28 heavy (non-hydrogen) atoms. The third-order valence-electron chi connectivity index (χ3n) is 5.40. The largest absolute Gasteiger partial charge is 0.370 e. The standard InChI is InChI=1S/C21H24ClN5O/c22-15-5-7-16(8-6-15)26-11-13-27(14-12-26)21(23)24-10-9-18-17-3-1-2-4-19(17)25-20(18)28/h1-8,18H,9-14H2,(H2,23,24)(H,25,28). The van der Waals surface area contributed by atoms with Crippen molar-refractivity contribution in [2.45, 2.75) is 12.3 Å². The van der Waals surface area contributed by atoms with E-state index >= 15 is 0 Å². The van der Waals surface area contributed by atoms with Crippen LogP contribution in [-0.4, -0.2) is 49.5 Å². The first-order valence-corrected chi connectivity index (χ1v) is 9.95. The molecule has 3 N–H and O–H groups in total. The third kappa shape index (κ3) is 3.92. The lowest BCUT2D eigenvalue weighted by atomic mass is 9.97. The van der Waals surface area contributed by atoms with E-state index < -0.39 is 0 Å². The number of hydrogen-bond donors (Lipinski definition) is 2. The summed E-state index contributed by atoms with van der Waals surface area (Å²) in [5.74, 6) is 0.462. The highest BCUT2D eigenvalue weighted by Crippen LogP contribution is 2.34. The van der Waals surface area contributed by atoms with Gasteiger partial charge >= 0.3 is 0 Å². The fourth-order valence-corrected chi connectivity index (χ4v) is 3.94. The van der Waals surface area contributed by atoms with Crippen LogP contribution in [0.4, 0.5) is 11.4 Å². The van der Waals surface area contributed by atoms with Crippen molar-refractivity contribution in [2.75, 3.05) is 42.9 Å². The summed E-state index contributed by atoms with van der Waals surface area (Å²) in [6, 6.07) is 15.7. The van der Waals surface area contributed by atoms with Crippen molar-refractivity contribution in [3.63, 3.8) is 0 Å². The molecule has 0 aliphatic carbocycles. The normalized spacial score (nSPS) is 19.5. The number of fused-ring (bicyclic) bond motifs is 1. The van der Waals surface area contributed by atoms with Gasteiger partial charge in [0.05, 0.1) is 5.92 Å². The van der Waals surface area contributed by atoms with Crippen LogP contribution in [0.3, 0.4) is 0 Å². The lowest BCUT2D eigenvalue weighted by Crippen LogP contribution is -2.51. The number of carbonyl (C=O) groups is 1. The van der Waals surface area contributed by atoms with Crippen molar-refractivity contribution in [3.05, 3.63) is 59.1 Å². The molecule has 0 saturated carbocycles. The van der Waals surface area contributed by atoms with E-state index in [2.05, 4.69) is 20.1 Å². The first-order valence-electron chi connectivity index (χ1n) is 9.57. The molecule has 6 nitrogen and oxygen atoms in total. The molecule has 1 fully saturated rings. The summed E-state index contributed by atoms with van der Waals surface area (Å²) in [7, 11) is 0. The molecule has 1 amide bonds. The molecular formula is C21H24ClN5O. The lowest BCUT2D eigenvalue weighted by Gasteiger charge is -2.36. The number of aliphatic imine (C=N–C) groups is 1. The maximum atomic E-state index is 12.2. The van der Waals surface area contributed by atoms with Crippen LogP contribution in [0.5, 0.6) is 0 Å². The van der Waals surface area contributed by atoms with Crippen LogP contribution in [0.15, 0.2) is 53.5 Å². The zero-order chi connectivity index (χ0) is 19.5. The fraction of sp³-hybridized carbons (Fsp3) is 0.333. The van der Waals surface area contributed by atoms with Crippen molar-refractivity contribution in [3.8, 4) is 0 Å². The number of benzene rings is 2. The topological polar surface area (TPSA) is 74.0 Å². The molecule has 0 spiro atoms. The highest BCUT2D eigenvalue weighted by atomic mass is 35.5. The van der Waals surface area contributed by atoms with Crippen LogP contribution in [-0.2, 0) is 4.79 Å². The average Bonchev–Trinajstić information content (AvgIpc) is 3.04. The number of nitrogens with zero attached hydrogens (tertiary/aromatic N) is 3. The Morgan fingerprint density at radius 3 is 2.57 bits per heavy atom. The molecule has 0 aromatic heterocycles. The molecule has 2 heterocycles. The van der Waals surface area contributed by atoms with Gasteiger partial charge in [0.25, 0.3) is 0 Å². The second-order valence-corrected chi connectivity index (χ2v) is 7.54. The zero-order valence-corrected chi connectivity index (χ0v) is 16.4. The molecule has 7 heteroatoms. The number of carbonyl (C=O) groups excluding carboxylic acids is 1. The van der Waals surface area contributed by atoms with Crippen molar-refractivity contribution in [1.82, 2.24) is 4.90 Å². The Morgan fingerprint density at radius 1 is 1.11 bits per heavy atom. The molecule has 1 atom stereocenters. The Balaban J connectivity index is 1.29. The minimum Gasteiger partial charge on any atom is -0.370 e. The van der Waals surface area contributed by atoms with Crippen LogP contribution < -0.4 is 16.0 Å². The first kappa shape index (κ1) is 18.6. The summed E-state index contributed by atoms with van der Waals surface area (Å²) in [6.07, 6.45) is 0.661. The smallest absolute Gasteiger partial charge is 0.232 e. The van der Waals surface area contributed by atoms with Gasteiger partial charge < -0.3 is 20.9 Å². The highest BCUT2D eigenvalue weighted by molar-refractivity contribution is 6.30. The van der Waals surface area contributed by atoms with Crippen LogP contribution in [0, 0.1) is 0 Å². The maximum Gasteiger partial charge on any atom is 0.232 e. The van der Waals surface area contributed by atoms with Gasteiger partial charge in [-0.25, -0.2) is 0 Å². The lowest BCUT2D eigenvalue weighted by molar-refractivity contribution is -0.117. The number of amides is 1. The fourth-order valence-electron chi connectivity index (χ4n) is 3.82. The molecule has 2 aromatic rings. The predicted molar refractivity (Wildman–Crippen MR) is 114 cm³/mol. The highest BCUT2D eigenvalue weighted by Gasteiger charge is 2.29. The molecule has 2 aromatic carbocycles. The average molecular weight is 398 g/mol. The summed E-state index contributed by atoms with van der Waals surface area (Å²) in [5.41, 5.74) is 9.34. The van der Waals surface area contributed by atoms with Crippen molar-refractivity contribution in [2.24, 2.45) is 10.7 Å². The van der Waals surface area contributed by atoms with E-state index in [1.807, 2.05) is 48.5 Å². The van der Waals surface area contributed by atoms with Gasteiger partial charge in [0.2, 0.25) is 5.91 Å². The Hall–Kier alpha value is -2.73. The number of para-hydroxylation sites is 1. The summed E-state index contributed by atoms with van der Waals surface area (Å²) < 4.78 is 0. The summed E-state index contributed by atoms with van der Waals surface area (Å²) in [5, 5.41) is 3.68. The molecule has 2 aliphatic heterocycles. The second kappa shape index (κ2) is 8.10. The zero-order valence-electron chi connectivity index (χ0n) is 15.6. The molecule has 0 radical (unpaired) electrons. The molecule has 1 saturated heterocycles. The van der Waals surface area contributed by atoms with Crippen LogP contribution in [0.2, 0.25) is 5.02 Å². The second-order valence-electron chi connectivity index (χ2n) is 7.11. The minimum atomic E-state index is -0.144. The van der Waals surface area contributed by atoms with Crippen LogP contribution in [0.1, 0.15) is 17.9 Å². The Bertz CT molecular complexity index is 875. The van der Waals surface area contributed by atoms with E-state index in [9.17, 15) is 4.79 Å². The predicted octanol–water partition coefficient (Wildman–Crippen LogP) is 2.90. The van der Waals surface area contributed by atoms with Gasteiger partial charge in [-0.1, -0.05) is 29.8 Å². The molecule has 0 bridgehead atoms. The first-order chi connectivity index (χ1) is 13.6. The number of halogens is 1. The maximum absolute atomic E-state index is 12.2. The van der Waals surface area contributed by atoms with Crippen LogP contribution >= 0.6 is 11.6 Å². The summed E-state index contributed by atoms with van der Waals surface area (Å²) in [4.78, 5) is 21.1. The van der Waals surface area contributed by atoms with E-state index in [1.54, 1.807) is 0 Å². The SMILES string of the molecule is NC(=NCCC1C(=O)Nc2ccccc21)N1CCN(c2ccc(Cl)cc2)CC1. The number of guanidine groups is 1. The van der Waals surface area contributed by atoms with Gasteiger partial charge in [0, 0.05) is 49.1 Å². The van der Waals surface area contributed by atoms with Crippen molar-refractivity contribution >= 4 is 34.8 Å². The van der Waals surface area contributed by atoms with E-state index in [0.717, 1.165) is 42.5 Å². The van der Waals surface area contributed by atoms with Crippen molar-refractivity contribution in [1.29, 1.82) is 0 Å². The Morgan fingerprint density at radius 2 is 1.82 bits per heavy atom. The number of rotatable bonds is 4. The monoisotopic (exact) mass is 397 g/mol. The van der Waals surface area contributed by atoms with Gasteiger partial charge in [0.15, 0.2) is 5.96 Å². The van der Waals surface area contributed by atoms with Gasteiger partial charge in [-0.05, 0) is 42.3 Å². The molecule has 2 aliphatic rings. The number of anilines is 2. The van der Waals surface area contributed by atoms with Crippen LogP contribution in [0.25, 0.3) is 0 Å². The minimum absolute atomic E-state index is 0.0477. The molecule has 146 valence electrons. The number of hydrogen-bond acceptors (Lipinski definition) is 3. The molecular weight excluding hydrogens is 374 g/mol. The van der Waals surface area contributed by atoms with E-state index in [0.29, 0.717) is 18.9 Å². The van der Waals surface area contributed by atoms with Gasteiger partial charge in [-0.15, -0.1) is 0 Å². The third-order valence-corrected chi connectivity index (χ3v) is 5.65. The van der Waals surface area contributed by atoms with Gasteiger partial charge in [0.1, 0.15) is 0 Å². The number of nitrogens with two attached hydrogens (primary N) is 1. The Labute approximate surface area is 170 Å². The number of nitrogens with one attached hydrogen (secondary N) is 1. The van der Waals surface area contributed by atoms with Gasteiger partial charge in [-0.3, -0.25) is 9.79 Å². The molecule has 1 unspecified atom stereocenters. The van der Waals surface area contributed by atoms with Crippen molar-refractivity contribution < 1.29 is 4.79 Å². The number of piperazine rings is 1. The molecule has 4 rings (SSSR count). The van der Waals surface area contributed by atoms with Gasteiger partial charge in [-0.2, -0.15) is 0 Å². The Kier molecular flexibility index (Phi) is 5.39. The van der Waals surface area contributed by atoms with E-state index in [4.69, 9.17) is 17.3 Å². The summed E-state index contributed by atoms with van der Waals surface area (Å²) in [6.45, 7) is 3.96.